The third-order valence-corrected chi connectivity index (χ3v) is 3.95. The van der Waals surface area contributed by atoms with Gasteiger partial charge in [-0.1, -0.05) is 18.2 Å². The SMILES string of the molecule is O=C(Nc1ccccc1)c1ccc(NCc2ccnc(-n3cccn3)c2)nn1. The molecule has 3 heterocycles. The molecular weight excluding hydrogens is 354 g/mol. The lowest BCUT2D eigenvalue weighted by Gasteiger charge is -2.08. The number of nitrogens with zero attached hydrogens (tertiary/aromatic N) is 5. The van der Waals surface area contributed by atoms with Crippen LogP contribution in [0.5, 0.6) is 0 Å². The summed E-state index contributed by atoms with van der Waals surface area (Å²) in [4.78, 5) is 16.5. The van der Waals surface area contributed by atoms with Gasteiger partial charge in [0.1, 0.15) is 5.82 Å². The largest absolute Gasteiger partial charge is 0.365 e. The number of carbonyl (C=O) groups excluding carboxylic acids is 1. The fourth-order valence-corrected chi connectivity index (χ4v) is 2.56. The van der Waals surface area contributed by atoms with Crippen LogP contribution in [0.2, 0.25) is 0 Å². The smallest absolute Gasteiger partial charge is 0.276 e. The lowest BCUT2D eigenvalue weighted by molar-refractivity contribution is 0.102. The Balaban J connectivity index is 1.37. The van der Waals surface area contributed by atoms with E-state index in [-0.39, 0.29) is 11.6 Å². The first kappa shape index (κ1) is 17.3. The van der Waals surface area contributed by atoms with Crippen LogP contribution in [0.15, 0.2) is 79.3 Å². The van der Waals surface area contributed by atoms with Crippen molar-refractivity contribution in [1.29, 1.82) is 0 Å². The number of amides is 1. The Morgan fingerprint density at radius 2 is 1.86 bits per heavy atom. The first-order valence-electron chi connectivity index (χ1n) is 8.67. The number of benzene rings is 1. The van der Waals surface area contributed by atoms with Crippen molar-refractivity contribution in [2.45, 2.75) is 6.54 Å². The Morgan fingerprint density at radius 1 is 0.964 bits per heavy atom. The zero-order valence-electron chi connectivity index (χ0n) is 14.9. The Hall–Kier alpha value is -4.07. The van der Waals surface area contributed by atoms with E-state index in [1.807, 2.05) is 54.7 Å². The van der Waals surface area contributed by atoms with E-state index in [4.69, 9.17) is 0 Å². The minimum absolute atomic E-state index is 0.249. The standard InChI is InChI=1S/C20H17N7O/c28-20(24-16-5-2-1-3-6-16)17-7-8-18(26-25-17)22-14-15-9-11-21-19(13-15)27-12-4-10-23-27/h1-13H,14H2,(H,22,26)(H,24,28). The molecule has 28 heavy (non-hydrogen) atoms. The van der Waals surface area contributed by atoms with Crippen LogP contribution in [-0.2, 0) is 6.54 Å². The van der Waals surface area contributed by atoms with Crippen molar-refractivity contribution in [3.63, 3.8) is 0 Å². The summed E-state index contributed by atoms with van der Waals surface area (Å²) < 4.78 is 1.70. The molecule has 0 unspecified atom stereocenters. The number of nitrogens with one attached hydrogen (secondary N) is 2. The number of para-hydroxylation sites is 1. The van der Waals surface area contributed by atoms with Crippen LogP contribution in [0, 0.1) is 0 Å². The van der Waals surface area contributed by atoms with Crippen LogP contribution in [0.25, 0.3) is 5.82 Å². The van der Waals surface area contributed by atoms with Gasteiger partial charge in [0.25, 0.3) is 5.91 Å². The number of aromatic nitrogens is 5. The zero-order chi connectivity index (χ0) is 19.2. The van der Waals surface area contributed by atoms with E-state index in [0.717, 1.165) is 11.4 Å². The average Bonchev–Trinajstić information content (AvgIpc) is 3.29. The maximum atomic E-state index is 12.2. The molecule has 2 N–H and O–H groups in total. The molecule has 4 aromatic rings. The van der Waals surface area contributed by atoms with Gasteiger partial charge in [0.05, 0.1) is 0 Å². The first-order chi connectivity index (χ1) is 13.8. The van der Waals surface area contributed by atoms with Gasteiger partial charge in [-0.25, -0.2) is 9.67 Å². The highest BCUT2D eigenvalue weighted by molar-refractivity contribution is 6.02. The van der Waals surface area contributed by atoms with E-state index in [0.29, 0.717) is 18.1 Å². The second kappa shape index (κ2) is 8.09. The maximum absolute atomic E-state index is 12.2. The predicted octanol–water partition coefficient (Wildman–Crippen LogP) is 2.92. The number of hydrogen-bond donors (Lipinski definition) is 2. The molecule has 4 rings (SSSR count). The summed E-state index contributed by atoms with van der Waals surface area (Å²) in [6, 6.07) is 18.3. The van der Waals surface area contributed by atoms with Gasteiger partial charge in [0.2, 0.25) is 0 Å². The van der Waals surface area contributed by atoms with Gasteiger partial charge in [-0.05, 0) is 48.0 Å². The number of carbonyl (C=O) groups is 1. The Bertz CT molecular complexity index is 1050. The molecular formula is C20H17N7O. The molecule has 0 aliphatic heterocycles. The van der Waals surface area contributed by atoms with Crippen molar-refractivity contribution in [1.82, 2.24) is 25.0 Å². The van der Waals surface area contributed by atoms with Crippen LogP contribution in [0.4, 0.5) is 11.5 Å². The minimum atomic E-state index is -0.303. The number of pyridine rings is 1. The van der Waals surface area contributed by atoms with E-state index in [9.17, 15) is 4.79 Å². The van der Waals surface area contributed by atoms with Crippen molar-refractivity contribution in [3.05, 3.63) is 90.5 Å². The van der Waals surface area contributed by atoms with Crippen molar-refractivity contribution in [2.75, 3.05) is 10.6 Å². The molecule has 0 saturated heterocycles. The molecule has 138 valence electrons. The summed E-state index contributed by atoms with van der Waals surface area (Å²) in [6.45, 7) is 0.543. The number of hydrogen-bond acceptors (Lipinski definition) is 6. The molecule has 0 aliphatic carbocycles. The van der Waals surface area contributed by atoms with Crippen molar-refractivity contribution in [2.24, 2.45) is 0 Å². The highest BCUT2D eigenvalue weighted by Crippen LogP contribution is 2.11. The van der Waals surface area contributed by atoms with Gasteiger partial charge in [-0.15, -0.1) is 10.2 Å². The normalized spacial score (nSPS) is 10.4. The maximum Gasteiger partial charge on any atom is 0.276 e. The molecule has 8 nitrogen and oxygen atoms in total. The number of anilines is 2. The van der Waals surface area contributed by atoms with E-state index >= 15 is 0 Å². The molecule has 3 aromatic heterocycles. The Morgan fingerprint density at radius 3 is 2.61 bits per heavy atom. The fourth-order valence-electron chi connectivity index (χ4n) is 2.56. The lowest BCUT2D eigenvalue weighted by Crippen LogP contribution is -2.14. The van der Waals surface area contributed by atoms with E-state index < -0.39 is 0 Å². The van der Waals surface area contributed by atoms with E-state index in [1.165, 1.54) is 0 Å². The quantitative estimate of drug-likeness (QED) is 0.541. The van der Waals surface area contributed by atoms with Crippen LogP contribution < -0.4 is 10.6 Å². The van der Waals surface area contributed by atoms with Gasteiger partial charge in [0.15, 0.2) is 11.5 Å². The summed E-state index contributed by atoms with van der Waals surface area (Å²) in [5.41, 5.74) is 1.98. The molecule has 0 atom stereocenters. The first-order valence-corrected chi connectivity index (χ1v) is 8.67. The van der Waals surface area contributed by atoms with Gasteiger partial charge in [0, 0.05) is 30.8 Å². The third kappa shape index (κ3) is 4.18. The van der Waals surface area contributed by atoms with Gasteiger partial charge < -0.3 is 10.6 Å². The van der Waals surface area contributed by atoms with E-state index in [1.54, 1.807) is 29.2 Å². The fraction of sp³-hybridized carbons (Fsp3) is 0.0500. The highest BCUT2D eigenvalue weighted by Gasteiger charge is 2.08. The van der Waals surface area contributed by atoms with Gasteiger partial charge in [-0.2, -0.15) is 5.10 Å². The van der Waals surface area contributed by atoms with Crippen molar-refractivity contribution in [3.8, 4) is 5.82 Å². The predicted molar refractivity (Wildman–Crippen MR) is 105 cm³/mol. The van der Waals surface area contributed by atoms with Crippen molar-refractivity contribution >= 4 is 17.4 Å². The molecule has 1 amide bonds. The Kier molecular flexibility index (Phi) is 5.01. The van der Waals surface area contributed by atoms with Crippen LogP contribution >= 0.6 is 0 Å². The molecule has 8 heteroatoms. The molecule has 0 aliphatic rings. The van der Waals surface area contributed by atoms with Gasteiger partial charge >= 0.3 is 0 Å². The summed E-state index contributed by atoms with van der Waals surface area (Å²) in [6.07, 6.45) is 5.28. The molecule has 0 spiro atoms. The summed E-state index contributed by atoms with van der Waals surface area (Å²) >= 11 is 0. The molecule has 1 aromatic carbocycles. The third-order valence-electron chi connectivity index (χ3n) is 3.95. The average molecular weight is 371 g/mol. The topological polar surface area (TPSA) is 97.6 Å². The molecule has 0 radical (unpaired) electrons. The zero-order valence-corrected chi connectivity index (χ0v) is 14.9. The number of rotatable bonds is 6. The van der Waals surface area contributed by atoms with Crippen LogP contribution in [0.3, 0.4) is 0 Å². The van der Waals surface area contributed by atoms with Crippen LogP contribution in [-0.4, -0.2) is 30.9 Å². The molecule has 0 saturated carbocycles. The van der Waals surface area contributed by atoms with Crippen molar-refractivity contribution < 1.29 is 4.79 Å². The van der Waals surface area contributed by atoms with Crippen LogP contribution in [0.1, 0.15) is 16.1 Å². The molecule has 0 fully saturated rings. The Labute approximate surface area is 161 Å². The molecule has 0 bridgehead atoms. The monoisotopic (exact) mass is 371 g/mol. The summed E-state index contributed by atoms with van der Waals surface area (Å²) in [5, 5.41) is 18.2. The second-order valence-corrected chi connectivity index (χ2v) is 5.95. The lowest BCUT2D eigenvalue weighted by atomic mass is 10.2. The summed E-state index contributed by atoms with van der Waals surface area (Å²) in [5.74, 6) is 1.01. The van der Waals surface area contributed by atoms with E-state index in [2.05, 4.69) is 30.9 Å². The second-order valence-electron chi connectivity index (χ2n) is 5.95. The minimum Gasteiger partial charge on any atom is -0.365 e. The summed E-state index contributed by atoms with van der Waals surface area (Å²) in [7, 11) is 0. The van der Waals surface area contributed by atoms with Gasteiger partial charge in [-0.3, -0.25) is 4.79 Å². The highest BCUT2D eigenvalue weighted by atomic mass is 16.1.